The predicted octanol–water partition coefficient (Wildman–Crippen LogP) is 5.10. The molecule has 0 aromatic heterocycles. The molecule has 2 aliphatic heterocycles. The summed E-state index contributed by atoms with van der Waals surface area (Å²) in [6.45, 7) is 9.46. The first-order valence-corrected chi connectivity index (χ1v) is 16.3. The van der Waals surface area contributed by atoms with E-state index in [0.29, 0.717) is 29.1 Å². The molecule has 1 aliphatic carbocycles. The largest absolute Gasteiger partial charge is 0.444 e. The van der Waals surface area contributed by atoms with Crippen LogP contribution in [0.1, 0.15) is 71.3 Å². The fourth-order valence-electron chi connectivity index (χ4n) is 5.53. The van der Waals surface area contributed by atoms with Crippen LogP contribution in [0.4, 0.5) is 10.5 Å². The standard InChI is InChI=1S/C30H46N4O4S2/c1-30(2,3)38-29(36)34-21-40-20-26(34)27(35)32-25(14-11-22-7-5-4-6-8-22)28(39)31-19-23-9-12-24(13-10-23)33-15-17-37-18-16-33/h9-10,12-13,22,25-26H,4-8,11,14-21H2,1-3H3,(H,31,39)(H,32,35)/t25-,26+/m1/s1. The number of amides is 2. The van der Waals surface area contributed by atoms with Gasteiger partial charge in [0.15, 0.2) is 0 Å². The van der Waals surface area contributed by atoms with E-state index >= 15 is 0 Å². The Hall–Kier alpha value is -2.04. The van der Waals surface area contributed by atoms with Gasteiger partial charge in [-0.3, -0.25) is 9.69 Å². The van der Waals surface area contributed by atoms with Crippen molar-refractivity contribution in [2.24, 2.45) is 5.92 Å². The van der Waals surface area contributed by atoms with Crippen molar-refractivity contribution in [3.63, 3.8) is 0 Å². The number of thiocarbonyl (C=S) groups is 1. The first kappa shape index (κ1) is 30.9. The fraction of sp³-hybridized carbons (Fsp3) is 0.700. The first-order valence-electron chi connectivity index (χ1n) is 14.8. The van der Waals surface area contributed by atoms with Gasteiger partial charge in [-0.05, 0) is 57.2 Å². The van der Waals surface area contributed by atoms with Crippen LogP contribution < -0.4 is 15.5 Å². The second kappa shape index (κ2) is 14.7. The number of anilines is 1. The normalized spacial score (nSPS) is 21.1. The van der Waals surface area contributed by atoms with Crippen LogP contribution in [0.5, 0.6) is 0 Å². The van der Waals surface area contributed by atoms with Crippen LogP contribution >= 0.6 is 24.0 Å². The summed E-state index contributed by atoms with van der Waals surface area (Å²) in [7, 11) is 0. The molecule has 8 nitrogen and oxygen atoms in total. The quantitative estimate of drug-likeness (QED) is 0.385. The van der Waals surface area contributed by atoms with E-state index < -0.39 is 17.7 Å². The topological polar surface area (TPSA) is 83.1 Å². The molecule has 4 rings (SSSR count). The molecule has 0 bridgehead atoms. The van der Waals surface area contributed by atoms with E-state index in [1.165, 1.54) is 42.7 Å². The summed E-state index contributed by atoms with van der Waals surface area (Å²) in [5.41, 5.74) is 1.73. The minimum absolute atomic E-state index is 0.163. The highest BCUT2D eigenvalue weighted by Crippen LogP contribution is 2.28. The molecule has 1 aromatic rings. The lowest BCUT2D eigenvalue weighted by molar-refractivity contribution is -0.125. The second-order valence-corrected chi connectivity index (χ2v) is 13.5. The maximum absolute atomic E-state index is 13.5. The number of nitrogens with one attached hydrogen (secondary N) is 2. The number of benzene rings is 1. The van der Waals surface area contributed by atoms with Gasteiger partial charge in [-0.2, -0.15) is 0 Å². The van der Waals surface area contributed by atoms with E-state index in [0.717, 1.165) is 44.7 Å². The van der Waals surface area contributed by atoms with Gasteiger partial charge in [0, 0.05) is 31.1 Å². The summed E-state index contributed by atoms with van der Waals surface area (Å²) in [6.07, 6.45) is 7.79. The molecular formula is C30H46N4O4S2. The number of hydrogen-bond acceptors (Lipinski definition) is 7. The zero-order valence-corrected chi connectivity index (χ0v) is 25.9. The van der Waals surface area contributed by atoms with Gasteiger partial charge in [0.25, 0.3) is 0 Å². The third-order valence-corrected chi connectivity index (χ3v) is 9.25. The predicted molar refractivity (Wildman–Crippen MR) is 166 cm³/mol. The van der Waals surface area contributed by atoms with Crippen LogP contribution in [0.2, 0.25) is 0 Å². The molecule has 1 saturated carbocycles. The van der Waals surface area contributed by atoms with Crippen molar-refractivity contribution in [3.8, 4) is 0 Å². The van der Waals surface area contributed by atoms with Crippen molar-refractivity contribution in [2.75, 3.05) is 42.8 Å². The number of carbonyl (C=O) groups excluding carboxylic acids is 2. The maximum Gasteiger partial charge on any atom is 0.411 e. The monoisotopic (exact) mass is 590 g/mol. The smallest absolute Gasteiger partial charge is 0.411 e. The number of hydrogen-bond donors (Lipinski definition) is 2. The number of ether oxygens (including phenoxy) is 2. The molecule has 3 aliphatic rings. The minimum atomic E-state index is -0.611. The molecule has 1 aromatic carbocycles. The molecule has 222 valence electrons. The van der Waals surface area contributed by atoms with Crippen molar-refractivity contribution >= 4 is 46.7 Å². The number of carbonyl (C=O) groups is 2. The van der Waals surface area contributed by atoms with Crippen LogP contribution in [0.25, 0.3) is 0 Å². The van der Waals surface area contributed by atoms with E-state index in [-0.39, 0.29) is 11.9 Å². The fourth-order valence-corrected chi connectivity index (χ4v) is 6.92. The van der Waals surface area contributed by atoms with Crippen molar-refractivity contribution in [2.45, 2.75) is 89.9 Å². The highest BCUT2D eigenvalue weighted by Gasteiger charge is 2.38. The van der Waals surface area contributed by atoms with E-state index in [1.807, 2.05) is 20.8 Å². The zero-order chi connectivity index (χ0) is 28.5. The summed E-state index contributed by atoms with van der Waals surface area (Å²) in [5.74, 6) is 1.52. The van der Waals surface area contributed by atoms with Crippen molar-refractivity contribution < 1.29 is 19.1 Å². The van der Waals surface area contributed by atoms with E-state index in [4.69, 9.17) is 21.7 Å². The number of thioether (sulfide) groups is 1. The van der Waals surface area contributed by atoms with E-state index in [2.05, 4.69) is 39.8 Å². The summed E-state index contributed by atoms with van der Waals surface area (Å²) in [6, 6.07) is 7.72. The first-order chi connectivity index (χ1) is 19.2. The van der Waals surface area contributed by atoms with Crippen molar-refractivity contribution in [1.29, 1.82) is 0 Å². The van der Waals surface area contributed by atoms with Crippen molar-refractivity contribution in [3.05, 3.63) is 29.8 Å². The second-order valence-electron chi connectivity index (χ2n) is 12.1. The molecule has 0 radical (unpaired) electrons. The molecule has 2 saturated heterocycles. The Labute approximate surface area is 249 Å². The molecule has 40 heavy (non-hydrogen) atoms. The Bertz CT molecular complexity index is 988. The third kappa shape index (κ3) is 9.24. The van der Waals surface area contributed by atoms with Gasteiger partial charge in [-0.15, -0.1) is 11.8 Å². The highest BCUT2D eigenvalue weighted by atomic mass is 32.2. The van der Waals surface area contributed by atoms with Gasteiger partial charge >= 0.3 is 6.09 Å². The summed E-state index contributed by atoms with van der Waals surface area (Å²) < 4.78 is 11.0. The number of rotatable bonds is 9. The summed E-state index contributed by atoms with van der Waals surface area (Å²) in [5, 5.41) is 6.63. The SMILES string of the molecule is CC(C)(C)OC(=O)N1CSC[C@H]1C(=O)N[C@H](CCC1CCCCC1)C(=S)NCc1ccc(N2CCOCC2)cc1. The Morgan fingerprint density at radius 2 is 1.82 bits per heavy atom. The zero-order valence-electron chi connectivity index (χ0n) is 24.3. The van der Waals surface area contributed by atoms with E-state index in [9.17, 15) is 9.59 Å². The lowest BCUT2D eigenvalue weighted by atomic mass is 9.85. The summed E-state index contributed by atoms with van der Waals surface area (Å²) >= 11 is 7.43. The van der Waals surface area contributed by atoms with Crippen LogP contribution in [0.15, 0.2) is 24.3 Å². The minimum Gasteiger partial charge on any atom is -0.444 e. The van der Waals surface area contributed by atoms with Gasteiger partial charge in [-0.1, -0.05) is 56.5 Å². The Morgan fingerprint density at radius 3 is 2.50 bits per heavy atom. The molecular weight excluding hydrogens is 544 g/mol. The highest BCUT2D eigenvalue weighted by molar-refractivity contribution is 7.99. The average Bonchev–Trinajstić information content (AvgIpc) is 3.45. The molecule has 2 amide bonds. The molecule has 0 unspecified atom stereocenters. The third-order valence-electron chi connectivity index (χ3n) is 7.81. The van der Waals surface area contributed by atoms with Gasteiger partial charge in [-0.25, -0.2) is 4.79 Å². The Morgan fingerprint density at radius 1 is 1.12 bits per heavy atom. The number of nitrogens with zero attached hydrogens (tertiary/aromatic N) is 2. The van der Waals surface area contributed by atoms with Gasteiger partial charge in [0.05, 0.1) is 30.1 Å². The molecule has 0 spiro atoms. The maximum atomic E-state index is 13.5. The molecule has 10 heteroatoms. The van der Waals surface area contributed by atoms with E-state index in [1.54, 1.807) is 11.8 Å². The van der Waals surface area contributed by atoms with Crippen LogP contribution in [-0.2, 0) is 20.8 Å². The number of morpholine rings is 1. The molecule has 2 heterocycles. The van der Waals surface area contributed by atoms with Crippen LogP contribution in [-0.4, -0.2) is 77.5 Å². The molecule has 2 atom stereocenters. The average molecular weight is 591 g/mol. The van der Waals surface area contributed by atoms with Gasteiger partial charge in [0.2, 0.25) is 5.91 Å². The Balaban J connectivity index is 1.36. The lowest BCUT2D eigenvalue weighted by Crippen LogP contribution is -2.54. The van der Waals surface area contributed by atoms with Crippen molar-refractivity contribution in [1.82, 2.24) is 15.5 Å². The van der Waals surface area contributed by atoms with Crippen LogP contribution in [0.3, 0.4) is 0 Å². The molecule has 2 N–H and O–H groups in total. The van der Waals surface area contributed by atoms with Crippen LogP contribution in [0, 0.1) is 5.92 Å². The lowest BCUT2D eigenvalue weighted by Gasteiger charge is -2.30. The van der Waals surface area contributed by atoms with Gasteiger partial charge in [0.1, 0.15) is 11.6 Å². The Kier molecular flexibility index (Phi) is 11.4. The molecule has 3 fully saturated rings. The summed E-state index contributed by atoms with van der Waals surface area (Å²) in [4.78, 5) is 30.8. The van der Waals surface area contributed by atoms with Gasteiger partial charge < -0.3 is 25.0 Å².